The van der Waals surface area contributed by atoms with Gasteiger partial charge >= 0.3 is 0 Å². The van der Waals surface area contributed by atoms with Gasteiger partial charge in [0, 0.05) is 5.88 Å². The monoisotopic (exact) mass is 218 g/mol. The van der Waals surface area contributed by atoms with E-state index in [0.29, 0.717) is 6.42 Å². The summed E-state index contributed by atoms with van der Waals surface area (Å²) >= 11 is 3.72. The molecule has 13 heavy (non-hydrogen) atoms. The van der Waals surface area contributed by atoms with E-state index in [0.717, 1.165) is 5.56 Å². The van der Waals surface area contributed by atoms with Gasteiger partial charge in [0.05, 0.1) is 5.25 Å². The quantitative estimate of drug-likeness (QED) is 0.621. The highest BCUT2D eigenvalue weighted by Crippen LogP contribution is 2.08. The number of benzene rings is 1. The molecule has 0 aliphatic carbocycles. The molecule has 0 saturated carbocycles. The van der Waals surface area contributed by atoms with E-state index in [9.17, 15) is 4.21 Å². The first-order valence-corrected chi connectivity index (χ1v) is 5.64. The standard InChI is InChI=1S/C9H11ClO2S/c10-7-9(13(11)12)6-8-4-2-1-3-5-8/h1-5,9H,6-7H2,(H,11,12). The van der Waals surface area contributed by atoms with Crippen LogP contribution < -0.4 is 0 Å². The van der Waals surface area contributed by atoms with Crippen LogP contribution in [0.15, 0.2) is 30.3 Å². The van der Waals surface area contributed by atoms with Crippen molar-refractivity contribution in [3.8, 4) is 0 Å². The molecule has 0 spiro atoms. The van der Waals surface area contributed by atoms with Gasteiger partial charge in [0.25, 0.3) is 0 Å². The van der Waals surface area contributed by atoms with E-state index in [1.165, 1.54) is 0 Å². The third-order valence-corrected chi connectivity index (χ3v) is 3.22. The molecule has 1 N–H and O–H groups in total. The van der Waals surface area contributed by atoms with Crippen LogP contribution in [0.25, 0.3) is 0 Å². The number of hydrogen-bond donors (Lipinski definition) is 1. The lowest BCUT2D eigenvalue weighted by molar-refractivity contribution is 0.551. The minimum absolute atomic E-state index is 0.206. The fraction of sp³-hybridized carbons (Fsp3) is 0.333. The van der Waals surface area contributed by atoms with Crippen molar-refractivity contribution < 1.29 is 8.76 Å². The van der Waals surface area contributed by atoms with Crippen LogP contribution in [-0.4, -0.2) is 19.9 Å². The number of rotatable bonds is 4. The number of alkyl halides is 1. The Kier molecular flexibility index (Phi) is 4.42. The molecular formula is C9H11ClO2S. The van der Waals surface area contributed by atoms with Gasteiger partial charge in [-0.1, -0.05) is 30.3 Å². The summed E-state index contributed by atoms with van der Waals surface area (Å²) in [5.41, 5.74) is 1.04. The molecular weight excluding hydrogens is 208 g/mol. The summed E-state index contributed by atoms with van der Waals surface area (Å²) in [6.45, 7) is 0. The molecule has 0 aliphatic heterocycles. The molecule has 0 aromatic heterocycles. The molecule has 0 amide bonds. The number of hydrogen-bond acceptors (Lipinski definition) is 1. The van der Waals surface area contributed by atoms with Crippen molar-refractivity contribution >= 4 is 22.7 Å². The maximum atomic E-state index is 10.8. The predicted molar refractivity (Wildman–Crippen MR) is 55.4 cm³/mol. The van der Waals surface area contributed by atoms with Gasteiger partial charge in [-0.15, -0.1) is 11.6 Å². The highest BCUT2D eigenvalue weighted by Gasteiger charge is 2.13. The van der Waals surface area contributed by atoms with Gasteiger partial charge in [0.2, 0.25) is 0 Å². The van der Waals surface area contributed by atoms with E-state index >= 15 is 0 Å². The van der Waals surface area contributed by atoms with Crippen LogP contribution in [-0.2, 0) is 17.5 Å². The molecule has 0 radical (unpaired) electrons. The third-order valence-electron chi connectivity index (χ3n) is 1.76. The largest absolute Gasteiger partial charge is 0.306 e. The lowest BCUT2D eigenvalue weighted by Gasteiger charge is -2.08. The van der Waals surface area contributed by atoms with Gasteiger partial charge in [0.15, 0.2) is 11.1 Å². The molecule has 72 valence electrons. The molecule has 0 saturated heterocycles. The van der Waals surface area contributed by atoms with Crippen LogP contribution in [0.5, 0.6) is 0 Å². The van der Waals surface area contributed by atoms with E-state index in [4.69, 9.17) is 16.2 Å². The Labute approximate surface area is 85.2 Å². The SMILES string of the molecule is O=S(O)C(CCl)Cc1ccccc1. The molecule has 0 bridgehead atoms. The molecule has 2 nitrogen and oxygen atoms in total. The summed E-state index contributed by atoms with van der Waals surface area (Å²) in [4.78, 5) is 0. The van der Waals surface area contributed by atoms with Crippen molar-refractivity contribution in [3.63, 3.8) is 0 Å². The number of halogens is 1. The molecule has 4 heteroatoms. The zero-order valence-corrected chi connectivity index (χ0v) is 8.59. The van der Waals surface area contributed by atoms with Crippen LogP contribution in [0.4, 0.5) is 0 Å². The molecule has 2 unspecified atom stereocenters. The van der Waals surface area contributed by atoms with E-state index in [1.807, 2.05) is 30.3 Å². The smallest absolute Gasteiger partial charge is 0.157 e. The van der Waals surface area contributed by atoms with Crippen LogP contribution >= 0.6 is 11.6 Å². The maximum Gasteiger partial charge on any atom is 0.157 e. The second kappa shape index (κ2) is 5.37. The molecule has 2 atom stereocenters. The summed E-state index contributed by atoms with van der Waals surface area (Å²) < 4.78 is 19.6. The minimum Gasteiger partial charge on any atom is -0.306 e. The van der Waals surface area contributed by atoms with E-state index in [-0.39, 0.29) is 11.1 Å². The fourth-order valence-electron chi connectivity index (χ4n) is 1.06. The predicted octanol–water partition coefficient (Wildman–Crippen LogP) is 2.06. The minimum atomic E-state index is -1.84. The Bertz CT molecular complexity index is 276. The fourth-order valence-corrected chi connectivity index (χ4v) is 1.93. The van der Waals surface area contributed by atoms with Crippen molar-refractivity contribution in [1.82, 2.24) is 0 Å². The Morgan fingerprint density at radius 3 is 2.46 bits per heavy atom. The van der Waals surface area contributed by atoms with Gasteiger partial charge in [-0.3, -0.25) is 0 Å². The van der Waals surface area contributed by atoms with Crippen molar-refractivity contribution in [2.24, 2.45) is 0 Å². The Balaban J connectivity index is 2.62. The normalized spacial score (nSPS) is 15.2. The lowest BCUT2D eigenvalue weighted by Crippen LogP contribution is -2.19. The third kappa shape index (κ3) is 3.46. The van der Waals surface area contributed by atoms with Crippen LogP contribution in [0, 0.1) is 0 Å². The summed E-state index contributed by atoms with van der Waals surface area (Å²) in [5.74, 6) is 0.206. The summed E-state index contributed by atoms with van der Waals surface area (Å²) in [6, 6.07) is 9.57. The zero-order chi connectivity index (χ0) is 9.68. The van der Waals surface area contributed by atoms with Crippen LogP contribution in [0.1, 0.15) is 5.56 Å². The van der Waals surface area contributed by atoms with Crippen LogP contribution in [0.2, 0.25) is 0 Å². The lowest BCUT2D eigenvalue weighted by atomic mass is 10.1. The summed E-state index contributed by atoms with van der Waals surface area (Å²) in [5, 5.41) is -0.371. The second-order valence-corrected chi connectivity index (χ2v) is 4.27. The van der Waals surface area contributed by atoms with E-state index < -0.39 is 11.1 Å². The van der Waals surface area contributed by atoms with Crippen LogP contribution in [0.3, 0.4) is 0 Å². The van der Waals surface area contributed by atoms with E-state index in [2.05, 4.69) is 0 Å². The van der Waals surface area contributed by atoms with Gasteiger partial charge < -0.3 is 4.55 Å². The maximum absolute atomic E-state index is 10.8. The highest BCUT2D eigenvalue weighted by molar-refractivity contribution is 7.80. The van der Waals surface area contributed by atoms with Gasteiger partial charge in [0.1, 0.15) is 0 Å². The van der Waals surface area contributed by atoms with Gasteiger partial charge in [-0.05, 0) is 12.0 Å². The first kappa shape index (κ1) is 10.7. The molecule has 1 aromatic rings. The molecule has 0 heterocycles. The van der Waals surface area contributed by atoms with Crippen molar-refractivity contribution in [3.05, 3.63) is 35.9 Å². The average molecular weight is 219 g/mol. The first-order chi connectivity index (χ1) is 6.24. The zero-order valence-electron chi connectivity index (χ0n) is 7.02. The Morgan fingerprint density at radius 1 is 1.38 bits per heavy atom. The molecule has 1 aromatic carbocycles. The molecule has 0 fully saturated rings. The summed E-state index contributed by atoms with van der Waals surface area (Å²) in [7, 11) is 0. The van der Waals surface area contributed by atoms with Gasteiger partial charge in [-0.25, -0.2) is 4.21 Å². The second-order valence-electron chi connectivity index (χ2n) is 2.74. The Hall–Kier alpha value is -0.380. The topological polar surface area (TPSA) is 37.3 Å². The summed E-state index contributed by atoms with van der Waals surface area (Å²) in [6.07, 6.45) is 0.549. The highest BCUT2D eigenvalue weighted by atomic mass is 35.5. The van der Waals surface area contributed by atoms with Gasteiger partial charge in [-0.2, -0.15) is 0 Å². The first-order valence-electron chi connectivity index (χ1n) is 3.93. The Morgan fingerprint density at radius 2 is 2.00 bits per heavy atom. The van der Waals surface area contributed by atoms with Crippen molar-refractivity contribution in [2.75, 3.05) is 5.88 Å². The van der Waals surface area contributed by atoms with Crippen molar-refractivity contribution in [2.45, 2.75) is 11.7 Å². The van der Waals surface area contributed by atoms with Crippen molar-refractivity contribution in [1.29, 1.82) is 0 Å². The average Bonchev–Trinajstić information content (AvgIpc) is 2.15. The molecule has 1 rings (SSSR count). The van der Waals surface area contributed by atoms with E-state index in [1.54, 1.807) is 0 Å². The molecule has 0 aliphatic rings.